The van der Waals surface area contributed by atoms with Gasteiger partial charge in [-0.25, -0.2) is 8.51 Å². The molecule has 1 atom stereocenters. The second kappa shape index (κ2) is 5.99. The van der Waals surface area contributed by atoms with Crippen LogP contribution in [0.5, 0.6) is 0 Å². The molecule has 2 aromatic rings. The minimum absolute atomic E-state index is 0.129. The zero-order valence-electron chi connectivity index (χ0n) is 11.6. The van der Waals surface area contributed by atoms with Crippen molar-refractivity contribution in [1.29, 1.82) is 0 Å². The second-order valence-electron chi connectivity index (χ2n) is 4.87. The number of primary amides is 1. The molecule has 0 aliphatic carbocycles. The molecule has 22 heavy (non-hydrogen) atoms. The highest BCUT2D eigenvalue weighted by atomic mass is 79.9. The summed E-state index contributed by atoms with van der Waals surface area (Å²) in [6.07, 6.45) is 0. The molecule has 1 unspecified atom stereocenters. The Morgan fingerprint density at radius 2 is 2.05 bits per heavy atom. The molecule has 1 aromatic carbocycles. The van der Waals surface area contributed by atoms with E-state index < -0.39 is 16.9 Å². The van der Waals surface area contributed by atoms with Crippen molar-refractivity contribution < 1.29 is 13.7 Å². The highest BCUT2D eigenvalue weighted by Gasteiger charge is 2.27. The molecule has 9 heteroatoms. The lowest BCUT2D eigenvalue weighted by Gasteiger charge is -2.25. The van der Waals surface area contributed by atoms with Crippen LogP contribution in [0.1, 0.15) is 10.5 Å². The van der Waals surface area contributed by atoms with Crippen molar-refractivity contribution in [2.75, 3.05) is 32.0 Å². The van der Waals surface area contributed by atoms with Gasteiger partial charge in [-0.3, -0.25) is 4.79 Å². The first kappa shape index (κ1) is 15.5. The highest BCUT2D eigenvalue weighted by molar-refractivity contribution is 9.10. The molecule has 1 amide bonds. The fourth-order valence-corrected chi connectivity index (χ4v) is 4.18. The number of nitrogens with two attached hydrogens (primary N) is 2. The van der Waals surface area contributed by atoms with Crippen LogP contribution in [0.15, 0.2) is 21.5 Å². The van der Waals surface area contributed by atoms with Gasteiger partial charge in [-0.1, -0.05) is 6.07 Å². The standard InChI is InChI=1S/C13H15BrN4O3S/c14-8-2-1-7-10(9(8)15)17-11(13(16)19)12(7)22(20)18-3-5-21-6-4-18/h1-2,17H,3-6,15H2,(H2,16,19). The Morgan fingerprint density at radius 3 is 2.68 bits per heavy atom. The van der Waals surface area contributed by atoms with E-state index in [1.807, 2.05) is 0 Å². The number of H-pyrrole nitrogens is 1. The molecule has 1 aromatic heterocycles. The van der Waals surface area contributed by atoms with Crippen molar-refractivity contribution in [2.24, 2.45) is 5.73 Å². The number of fused-ring (bicyclic) bond motifs is 1. The number of nitrogen functional groups attached to an aromatic ring is 1. The fraction of sp³-hybridized carbons (Fsp3) is 0.308. The number of hydrogen-bond acceptors (Lipinski definition) is 4. The van der Waals surface area contributed by atoms with Crippen LogP contribution in [0.4, 0.5) is 5.69 Å². The van der Waals surface area contributed by atoms with Gasteiger partial charge in [0.1, 0.15) is 16.7 Å². The Kier molecular flexibility index (Phi) is 4.22. The van der Waals surface area contributed by atoms with Gasteiger partial charge in [0.05, 0.1) is 29.3 Å². The van der Waals surface area contributed by atoms with Gasteiger partial charge in [-0.15, -0.1) is 0 Å². The minimum Gasteiger partial charge on any atom is -0.396 e. The molecule has 1 aliphatic heterocycles. The quantitative estimate of drug-likeness (QED) is 0.681. The van der Waals surface area contributed by atoms with Gasteiger partial charge in [0.15, 0.2) is 0 Å². The topological polar surface area (TPSA) is 114 Å². The summed E-state index contributed by atoms with van der Waals surface area (Å²) >= 11 is 3.34. The fourth-order valence-electron chi connectivity index (χ4n) is 2.43. The van der Waals surface area contributed by atoms with E-state index in [9.17, 15) is 9.00 Å². The van der Waals surface area contributed by atoms with E-state index in [0.29, 0.717) is 52.3 Å². The Hall–Kier alpha value is -1.42. The molecule has 0 radical (unpaired) electrons. The highest BCUT2D eigenvalue weighted by Crippen LogP contribution is 2.34. The molecular weight excluding hydrogens is 372 g/mol. The Balaban J connectivity index is 2.18. The lowest BCUT2D eigenvalue weighted by Crippen LogP contribution is -2.38. The monoisotopic (exact) mass is 386 g/mol. The van der Waals surface area contributed by atoms with Crippen LogP contribution in [0, 0.1) is 0 Å². The van der Waals surface area contributed by atoms with Crippen LogP contribution in [-0.4, -0.2) is 45.7 Å². The number of aromatic amines is 1. The molecule has 0 spiro atoms. The average Bonchev–Trinajstić information content (AvgIpc) is 2.91. The number of anilines is 1. The average molecular weight is 387 g/mol. The number of ether oxygens (including phenoxy) is 1. The Labute approximate surface area is 137 Å². The Bertz CT molecular complexity index is 770. The van der Waals surface area contributed by atoms with Gasteiger partial charge in [0.2, 0.25) is 0 Å². The lowest BCUT2D eigenvalue weighted by atomic mass is 10.2. The van der Waals surface area contributed by atoms with Crippen LogP contribution in [-0.2, 0) is 15.7 Å². The minimum atomic E-state index is -1.51. The van der Waals surface area contributed by atoms with E-state index in [4.69, 9.17) is 16.2 Å². The van der Waals surface area contributed by atoms with Crippen LogP contribution in [0.25, 0.3) is 10.9 Å². The maximum Gasteiger partial charge on any atom is 0.266 e. The molecule has 2 heterocycles. The van der Waals surface area contributed by atoms with Crippen LogP contribution in [0.3, 0.4) is 0 Å². The van der Waals surface area contributed by atoms with Crippen molar-refractivity contribution in [3.8, 4) is 0 Å². The van der Waals surface area contributed by atoms with Gasteiger partial charge < -0.3 is 21.2 Å². The summed E-state index contributed by atoms with van der Waals surface area (Å²) in [5.41, 5.74) is 12.6. The number of aromatic nitrogens is 1. The zero-order valence-corrected chi connectivity index (χ0v) is 14.0. The number of nitrogens with zero attached hydrogens (tertiary/aromatic N) is 1. The van der Waals surface area contributed by atoms with Gasteiger partial charge in [0.25, 0.3) is 5.91 Å². The first-order valence-corrected chi connectivity index (χ1v) is 8.54. The smallest absolute Gasteiger partial charge is 0.266 e. The molecule has 7 nitrogen and oxygen atoms in total. The third kappa shape index (κ3) is 2.54. The van der Waals surface area contributed by atoms with Crippen molar-refractivity contribution >= 4 is 49.4 Å². The molecule has 1 fully saturated rings. The van der Waals surface area contributed by atoms with E-state index in [1.165, 1.54) is 0 Å². The number of carbonyl (C=O) groups excluding carboxylic acids is 1. The maximum absolute atomic E-state index is 12.9. The van der Waals surface area contributed by atoms with Crippen LogP contribution < -0.4 is 11.5 Å². The lowest BCUT2D eigenvalue weighted by molar-refractivity contribution is 0.0752. The van der Waals surface area contributed by atoms with Gasteiger partial charge in [-0.2, -0.15) is 0 Å². The summed E-state index contributed by atoms with van der Waals surface area (Å²) in [4.78, 5) is 15.0. The zero-order chi connectivity index (χ0) is 15.9. The first-order chi connectivity index (χ1) is 10.5. The van der Waals surface area contributed by atoms with Gasteiger partial charge in [0, 0.05) is 22.9 Å². The number of carbonyl (C=O) groups is 1. The molecule has 0 saturated carbocycles. The molecule has 0 bridgehead atoms. The number of morpholine rings is 1. The first-order valence-electron chi connectivity index (χ1n) is 6.64. The van der Waals surface area contributed by atoms with E-state index >= 15 is 0 Å². The van der Waals surface area contributed by atoms with Crippen LogP contribution in [0.2, 0.25) is 0 Å². The summed E-state index contributed by atoms with van der Waals surface area (Å²) in [7, 11) is -1.51. The van der Waals surface area contributed by atoms with Crippen molar-refractivity contribution in [3.05, 3.63) is 22.3 Å². The predicted octanol–water partition coefficient (Wildman–Crippen LogP) is 0.966. The van der Waals surface area contributed by atoms with Crippen molar-refractivity contribution in [1.82, 2.24) is 9.29 Å². The molecular formula is C13H15BrN4O3S. The second-order valence-corrected chi connectivity index (χ2v) is 7.14. The SMILES string of the molecule is NC(=O)c1[nH]c2c(N)c(Br)ccc2c1S(=O)N1CCOCC1. The molecule has 3 rings (SSSR count). The van der Waals surface area contributed by atoms with Crippen molar-refractivity contribution in [2.45, 2.75) is 4.90 Å². The van der Waals surface area contributed by atoms with Crippen LogP contribution >= 0.6 is 15.9 Å². The van der Waals surface area contributed by atoms with E-state index in [1.54, 1.807) is 16.4 Å². The number of benzene rings is 1. The number of amides is 1. The molecule has 1 saturated heterocycles. The molecule has 118 valence electrons. The summed E-state index contributed by atoms with van der Waals surface area (Å²) in [6.45, 7) is 2.08. The Morgan fingerprint density at radius 1 is 1.36 bits per heavy atom. The summed E-state index contributed by atoms with van der Waals surface area (Å²) in [5.74, 6) is -0.664. The summed E-state index contributed by atoms with van der Waals surface area (Å²) in [6, 6.07) is 3.53. The predicted molar refractivity (Wildman–Crippen MR) is 87.7 cm³/mol. The number of rotatable bonds is 3. The van der Waals surface area contributed by atoms with E-state index in [0.717, 1.165) is 0 Å². The third-order valence-corrected chi connectivity index (χ3v) is 5.84. The summed E-state index contributed by atoms with van der Waals surface area (Å²) in [5, 5.41) is 0.638. The van der Waals surface area contributed by atoms with E-state index in [2.05, 4.69) is 20.9 Å². The number of nitrogens with one attached hydrogen (secondary N) is 1. The van der Waals surface area contributed by atoms with E-state index in [-0.39, 0.29) is 5.69 Å². The van der Waals surface area contributed by atoms with Crippen molar-refractivity contribution in [3.63, 3.8) is 0 Å². The molecule has 5 N–H and O–H groups in total. The number of hydrogen-bond donors (Lipinski definition) is 3. The van der Waals surface area contributed by atoms with Gasteiger partial charge in [-0.05, 0) is 22.0 Å². The number of halogens is 1. The normalized spacial score (nSPS) is 17.7. The third-order valence-electron chi connectivity index (χ3n) is 3.54. The van der Waals surface area contributed by atoms with Gasteiger partial charge >= 0.3 is 0 Å². The largest absolute Gasteiger partial charge is 0.396 e. The summed E-state index contributed by atoms with van der Waals surface area (Å²) < 4.78 is 20.6. The molecule has 1 aliphatic rings. The maximum atomic E-state index is 12.9.